The number of rotatable bonds is 8. The van der Waals surface area contributed by atoms with Crippen molar-refractivity contribution in [3.05, 3.63) is 11.1 Å². The molecule has 0 N–H and O–H groups in total. The van der Waals surface area contributed by atoms with Gasteiger partial charge in [0.25, 0.3) is 0 Å². The predicted molar refractivity (Wildman–Crippen MR) is 79.8 cm³/mol. The number of nitrogens with zero attached hydrogens (tertiary/aromatic N) is 2. The molecule has 1 aromatic heterocycles. The van der Waals surface area contributed by atoms with E-state index in [1.54, 1.807) is 11.3 Å². The van der Waals surface area contributed by atoms with Crippen LogP contribution in [0.25, 0.3) is 0 Å². The van der Waals surface area contributed by atoms with Crippen LogP contribution in [0.5, 0.6) is 0 Å². The predicted octanol–water partition coefficient (Wildman–Crippen LogP) is 3.26. The fourth-order valence-electron chi connectivity index (χ4n) is 1.82. The van der Waals surface area contributed by atoms with E-state index < -0.39 is 0 Å². The monoisotopic (exact) mass is 284 g/mol. The van der Waals surface area contributed by atoms with Crippen molar-refractivity contribution in [3.63, 3.8) is 0 Å². The highest BCUT2D eigenvalue weighted by Gasteiger charge is 2.14. The van der Waals surface area contributed by atoms with Crippen molar-refractivity contribution < 1.29 is 9.53 Å². The molecule has 19 heavy (non-hydrogen) atoms. The number of aromatic nitrogens is 1. The molecule has 1 heterocycles. The van der Waals surface area contributed by atoms with E-state index in [-0.39, 0.29) is 5.97 Å². The molecule has 5 heteroatoms. The van der Waals surface area contributed by atoms with Crippen LogP contribution in [0.4, 0.5) is 5.13 Å². The molecule has 0 radical (unpaired) electrons. The fraction of sp³-hybridized carbons (Fsp3) is 0.714. The van der Waals surface area contributed by atoms with E-state index >= 15 is 0 Å². The Labute approximate surface area is 119 Å². The molecule has 108 valence electrons. The highest BCUT2D eigenvalue weighted by Crippen LogP contribution is 2.23. The summed E-state index contributed by atoms with van der Waals surface area (Å²) in [5.41, 5.74) is 0.981. The van der Waals surface area contributed by atoms with Crippen LogP contribution in [0.1, 0.15) is 46.2 Å². The van der Waals surface area contributed by atoms with Gasteiger partial charge in [0.1, 0.15) is 0 Å². The van der Waals surface area contributed by atoms with Gasteiger partial charge in [0.15, 0.2) is 5.13 Å². The minimum absolute atomic E-state index is 0.147. The third-order valence-corrected chi connectivity index (χ3v) is 3.69. The lowest BCUT2D eigenvalue weighted by Gasteiger charge is -2.25. The summed E-state index contributed by atoms with van der Waals surface area (Å²) in [6.45, 7) is 9.81. The molecular formula is C14H24N2O2S. The maximum atomic E-state index is 11.3. The number of aryl methyl sites for hydroxylation is 1. The standard InChI is InChI=1S/C14H24N2O2S/c1-5-9-16(11(3)4)14-15-12(10-19-14)7-8-13(17)18-6-2/h10-11H,5-9H2,1-4H3. The summed E-state index contributed by atoms with van der Waals surface area (Å²) in [5.74, 6) is -0.147. The van der Waals surface area contributed by atoms with Gasteiger partial charge < -0.3 is 9.64 Å². The Balaban J connectivity index is 2.57. The van der Waals surface area contributed by atoms with Crippen LogP contribution in [0.2, 0.25) is 0 Å². The van der Waals surface area contributed by atoms with Crippen LogP contribution in [0.3, 0.4) is 0 Å². The normalized spacial score (nSPS) is 10.8. The quantitative estimate of drug-likeness (QED) is 0.687. The van der Waals surface area contributed by atoms with Gasteiger partial charge in [0.05, 0.1) is 18.7 Å². The molecule has 0 atom stereocenters. The molecule has 0 aromatic carbocycles. The molecule has 0 saturated carbocycles. The third kappa shape index (κ3) is 5.19. The van der Waals surface area contributed by atoms with E-state index in [1.807, 2.05) is 12.3 Å². The van der Waals surface area contributed by atoms with Crippen LogP contribution in [0, 0.1) is 0 Å². The minimum atomic E-state index is -0.147. The molecule has 0 amide bonds. The summed E-state index contributed by atoms with van der Waals surface area (Å²) in [4.78, 5) is 18.2. The van der Waals surface area contributed by atoms with Crippen molar-refractivity contribution in [1.29, 1.82) is 0 Å². The maximum Gasteiger partial charge on any atom is 0.306 e. The van der Waals surface area contributed by atoms with Gasteiger partial charge in [0.2, 0.25) is 0 Å². The first-order valence-electron chi connectivity index (χ1n) is 6.95. The Hall–Kier alpha value is -1.10. The summed E-state index contributed by atoms with van der Waals surface area (Å²) < 4.78 is 4.92. The lowest BCUT2D eigenvalue weighted by molar-refractivity contribution is -0.143. The zero-order valence-electron chi connectivity index (χ0n) is 12.3. The molecule has 0 saturated heterocycles. The highest BCUT2D eigenvalue weighted by molar-refractivity contribution is 7.13. The molecular weight excluding hydrogens is 260 g/mol. The number of carbonyl (C=O) groups excluding carboxylic acids is 1. The number of anilines is 1. The Morgan fingerprint density at radius 1 is 1.47 bits per heavy atom. The van der Waals surface area contributed by atoms with Gasteiger partial charge in [0, 0.05) is 24.4 Å². The summed E-state index contributed by atoms with van der Waals surface area (Å²) in [6.07, 6.45) is 2.18. The third-order valence-electron chi connectivity index (χ3n) is 2.76. The topological polar surface area (TPSA) is 42.4 Å². The minimum Gasteiger partial charge on any atom is -0.466 e. The Bertz CT molecular complexity index is 391. The van der Waals surface area contributed by atoms with Gasteiger partial charge >= 0.3 is 5.97 Å². The van der Waals surface area contributed by atoms with E-state index in [9.17, 15) is 4.79 Å². The number of hydrogen-bond acceptors (Lipinski definition) is 5. The first-order valence-corrected chi connectivity index (χ1v) is 7.83. The van der Waals surface area contributed by atoms with Gasteiger partial charge in [-0.2, -0.15) is 0 Å². The molecule has 4 nitrogen and oxygen atoms in total. The second kappa shape index (κ2) is 8.15. The maximum absolute atomic E-state index is 11.3. The zero-order chi connectivity index (χ0) is 14.3. The van der Waals surface area contributed by atoms with Crippen LogP contribution >= 0.6 is 11.3 Å². The SMILES string of the molecule is CCCN(c1nc(CCC(=O)OCC)cs1)C(C)C. The fourth-order valence-corrected chi connectivity index (χ4v) is 2.84. The molecule has 1 rings (SSSR count). The smallest absolute Gasteiger partial charge is 0.306 e. The van der Waals surface area contributed by atoms with Gasteiger partial charge in [-0.3, -0.25) is 4.79 Å². The average Bonchev–Trinajstić information content (AvgIpc) is 2.82. The summed E-state index contributed by atoms with van der Waals surface area (Å²) in [5, 5.41) is 3.09. The van der Waals surface area contributed by atoms with Crippen molar-refractivity contribution >= 4 is 22.4 Å². The van der Waals surface area contributed by atoms with Crippen molar-refractivity contribution in [3.8, 4) is 0 Å². The number of hydrogen-bond donors (Lipinski definition) is 0. The van der Waals surface area contributed by atoms with Gasteiger partial charge in [-0.1, -0.05) is 6.92 Å². The van der Waals surface area contributed by atoms with E-state index in [1.165, 1.54) is 0 Å². The zero-order valence-corrected chi connectivity index (χ0v) is 13.1. The molecule has 0 aliphatic rings. The molecule has 0 unspecified atom stereocenters. The second-order valence-corrected chi connectivity index (χ2v) is 5.55. The molecule has 0 bridgehead atoms. The van der Waals surface area contributed by atoms with E-state index in [2.05, 4.69) is 30.7 Å². The Kier molecular flexibility index (Phi) is 6.84. The number of esters is 1. The van der Waals surface area contributed by atoms with Gasteiger partial charge in [-0.05, 0) is 27.2 Å². The molecule has 0 aliphatic carbocycles. The largest absolute Gasteiger partial charge is 0.466 e. The van der Waals surface area contributed by atoms with E-state index in [0.717, 1.165) is 23.8 Å². The van der Waals surface area contributed by atoms with Crippen LogP contribution in [-0.4, -0.2) is 30.1 Å². The van der Waals surface area contributed by atoms with Crippen molar-refractivity contribution in [1.82, 2.24) is 4.98 Å². The van der Waals surface area contributed by atoms with Gasteiger partial charge in [-0.25, -0.2) is 4.98 Å². The first kappa shape index (κ1) is 16.0. The number of ether oxygens (including phenoxy) is 1. The Morgan fingerprint density at radius 3 is 2.79 bits per heavy atom. The summed E-state index contributed by atoms with van der Waals surface area (Å²) in [6, 6.07) is 0.448. The molecule has 0 spiro atoms. The van der Waals surface area contributed by atoms with Crippen molar-refractivity contribution in [2.24, 2.45) is 0 Å². The van der Waals surface area contributed by atoms with Crippen molar-refractivity contribution in [2.45, 2.75) is 53.0 Å². The summed E-state index contributed by atoms with van der Waals surface area (Å²) in [7, 11) is 0. The molecule has 0 aliphatic heterocycles. The Morgan fingerprint density at radius 2 is 2.21 bits per heavy atom. The van der Waals surface area contributed by atoms with Gasteiger partial charge in [-0.15, -0.1) is 11.3 Å². The lowest BCUT2D eigenvalue weighted by atomic mass is 10.2. The van der Waals surface area contributed by atoms with Crippen LogP contribution in [-0.2, 0) is 16.0 Å². The average molecular weight is 284 g/mol. The van der Waals surface area contributed by atoms with E-state index in [0.29, 0.717) is 25.5 Å². The van der Waals surface area contributed by atoms with Crippen LogP contribution in [0.15, 0.2) is 5.38 Å². The lowest BCUT2D eigenvalue weighted by Crippen LogP contribution is -2.31. The molecule has 0 fully saturated rings. The van der Waals surface area contributed by atoms with Crippen molar-refractivity contribution in [2.75, 3.05) is 18.1 Å². The van der Waals surface area contributed by atoms with Crippen LogP contribution < -0.4 is 4.90 Å². The highest BCUT2D eigenvalue weighted by atomic mass is 32.1. The first-order chi connectivity index (χ1) is 9.08. The number of carbonyl (C=O) groups is 1. The number of thiazole rings is 1. The second-order valence-electron chi connectivity index (χ2n) is 4.71. The van der Waals surface area contributed by atoms with E-state index in [4.69, 9.17) is 4.74 Å². The molecule has 1 aromatic rings. The summed E-state index contributed by atoms with van der Waals surface area (Å²) >= 11 is 1.65.